The number of nitro benzene ring substituents is 1. The Bertz CT molecular complexity index is 613. The fourth-order valence-electron chi connectivity index (χ4n) is 1.74. The van der Waals surface area contributed by atoms with Crippen LogP contribution in [-0.2, 0) is 5.33 Å². The third-order valence-corrected chi connectivity index (χ3v) is 3.31. The van der Waals surface area contributed by atoms with Crippen molar-refractivity contribution in [2.75, 3.05) is 0 Å². The molecule has 2 aromatic rings. The number of halogens is 1. The van der Waals surface area contributed by atoms with E-state index in [2.05, 4.69) is 15.9 Å². The van der Waals surface area contributed by atoms with Crippen LogP contribution in [0.15, 0.2) is 42.5 Å². The van der Waals surface area contributed by atoms with E-state index in [4.69, 9.17) is 4.74 Å². The van der Waals surface area contributed by atoms with E-state index in [1.807, 2.05) is 24.3 Å². The lowest BCUT2D eigenvalue weighted by Gasteiger charge is -2.10. The molecule has 0 heterocycles. The summed E-state index contributed by atoms with van der Waals surface area (Å²) in [5, 5.41) is 11.4. The largest absolute Gasteiger partial charge is 0.457 e. The molecular weight excluding hydrogens is 310 g/mol. The van der Waals surface area contributed by atoms with Gasteiger partial charge in [-0.15, -0.1) is 0 Å². The minimum absolute atomic E-state index is 0.0983. The van der Waals surface area contributed by atoms with Crippen LogP contribution in [0.1, 0.15) is 11.1 Å². The molecule has 0 aliphatic heterocycles. The summed E-state index contributed by atoms with van der Waals surface area (Å²) >= 11 is 3.40. The van der Waals surface area contributed by atoms with Crippen molar-refractivity contribution in [2.45, 2.75) is 12.3 Å². The Morgan fingerprint density at radius 1 is 1.26 bits per heavy atom. The molecule has 4 nitrogen and oxygen atoms in total. The number of hydrogen-bond donors (Lipinski definition) is 0. The summed E-state index contributed by atoms with van der Waals surface area (Å²) in [5.74, 6) is 1.34. The first-order chi connectivity index (χ1) is 9.11. The van der Waals surface area contributed by atoms with E-state index in [-0.39, 0.29) is 5.69 Å². The van der Waals surface area contributed by atoms with Gasteiger partial charge in [-0.3, -0.25) is 10.1 Å². The average molecular weight is 322 g/mol. The zero-order valence-electron chi connectivity index (χ0n) is 10.3. The highest BCUT2D eigenvalue weighted by Crippen LogP contribution is 2.29. The van der Waals surface area contributed by atoms with E-state index in [0.29, 0.717) is 16.6 Å². The van der Waals surface area contributed by atoms with E-state index >= 15 is 0 Å². The Balaban J connectivity index is 2.29. The van der Waals surface area contributed by atoms with E-state index in [0.717, 1.165) is 11.3 Å². The van der Waals surface area contributed by atoms with Gasteiger partial charge in [-0.1, -0.05) is 34.1 Å². The molecule has 0 atom stereocenters. The van der Waals surface area contributed by atoms with Gasteiger partial charge < -0.3 is 4.74 Å². The molecule has 5 heteroatoms. The molecule has 19 heavy (non-hydrogen) atoms. The molecule has 2 rings (SSSR count). The number of nitrogens with zero attached hydrogens (tertiary/aromatic N) is 1. The SMILES string of the molecule is Cc1cc(Oc2ccccc2CBr)ccc1[N+](=O)[O-]. The number of hydrogen-bond acceptors (Lipinski definition) is 3. The van der Waals surface area contributed by atoms with Crippen molar-refractivity contribution in [3.8, 4) is 11.5 Å². The number of rotatable bonds is 4. The van der Waals surface area contributed by atoms with Gasteiger partial charge in [-0.05, 0) is 25.1 Å². The van der Waals surface area contributed by atoms with Crippen LogP contribution in [0.25, 0.3) is 0 Å². The van der Waals surface area contributed by atoms with Crippen LogP contribution in [0, 0.1) is 17.0 Å². The van der Waals surface area contributed by atoms with Gasteiger partial charge in [-0.2, -0.15) is 0 Å². The lowest BCUT2D eigenvalue weighted by atomic mass is 10.2. The molecule has 98 valence electrons. The monoisotopic (exact) mass is 321 g/mol. The van der Waals surface area contributed by atoms with Gasteiger partial charge in [0, 0.05) is 22.5 Å². The number of benzene rings is 2. The molecule has 0 aliphatic rings. The van der Waals surface area contributed by atoms with Crippen LogP contribution in [0.4, 0.5) is 5.69 Å². The van der Waals surface area contributed by atoms with Gasteiger partial charge in [-0.25, -0.2) is 0 Å². The maximum Gasteiger partial charge on any atom is 0.272 e. The number of ether oxygens (including phenoxy) is 1. The second-order valence-electron chi connectivity index (χ2n) is 4.05. The van der Waals surface area contributed by atoms with Crippen LogP contribution >= 0.6 is 15.9 Å². The second kappa shape index (κ2) is 5.84. The van der Waals surface area contributed by atoms with Crippen molar-refractivity contribution in [1.82, 2.24) is 0 Å². The lowest BCUT2D eigenvalue weighted by molar-refractivity contribution is -0.385. The van der Waals surface area contributed by atoms with Gasteiger partial charge in [0.15, 0.2) is 0 Å². The Hall–Kier alpha value is -1.88. The van der Waals surface area contributed by atoms with Crippen molar-refractivity contribution in [3.05, 3.63) is 63.7 Å². The molecule has 0 radical (unpaired) electrons. The smallest absolute Gasteiger partial charge is 0.272 e. The topological polar surface area (TPSA) is 52.4 Å². The summed E-state index contributed by atoms with van der Waals surface area (Å²) in [6.07, 6.45) is 0. The maximum atomic E-state index is 10.8. The third-order valence-electron chi connectivity index (χ3n) is 2.71. The fourth-order valence-corrected chi connectivity index (χ4v) is 2.20. The van der Waals surface area contributed by atoms with Crippen LogP contribution in [-0.4, -0.2) is 4.92 Å². The molecule has 0 saturated carbocycles. The Labute approximate surface area is 119 Å². The van der Waals surface area contributed by atoms with Crippen molar-refractivity contribution < 1.29 is 9.66 Å². The molecular formula is C14H12BrNO3. The lowest BCUT2D eigenvalue weighted by Crippen LogP contribution is -1.93. The van der Waals surface area contributed by atoms with Gasteiger partial charge >= 0.3 is 0 Å². The van der Waals surface area contributed by atoms with Crippen LogP contribution in [0.3, 0.4) is 0 Å². The predicted octanol–water partition coefficient (Wildman–Crippen LogP) is 4.59. The Morgan fingerprint density at radius 3 is 2.63 bits per heavy atom. The molecule has 0 amide bonds. The quantitative estimate of drug-likeness (QED) is 0.470. The molecule has 0 unspecified atom stereocenters. The van der Waals surface area contributed by atoms with Crippen LogP contribution in [0.5, 0.6) is 11.5 Å². The van der Waals surface area contributed by atoms with Crippen LogP contribution < -0.4 is 4.74 Å². The first kappa shape index (κ1) is 13.5. The highest BCUT2D eigenvalue weighted by molar-refractivity contribution is 9.08. The predicted molar refractivity (Wildman–Crippen MR) is 77.0 cm³/mol. The number of alkyl halides is 1. The zero-order valence-corrected chi connectivity index (χ0v) is 11.9. The van der Waals surface area contributed by atoms with E-state index in [1.54, 1.807) is 19.1 Å². The zero-order chi connectivity index (χ0) is 13.8. The molecule has 0 fully saturated rings. The first-order valence-corrected chi connectivity index (χ1v) is 6.80. The molecule has 0 N–H and O–H groups in total. The first-order valence-electron chi connectivity index (χ1n) is 5.68. The number of para-hydroxylation sites is 1. The highest BCUT2D eigenvalue weighted by atomic mass is 79.9. The normalized spacial score (nSPS) is 10.2. The summed E-state index contributed by atoms with van der Waals surface area (Å²) in [5.41, 5.74) is 1.71. The summed E-state index contributed by atoms with van der Waals surface area (Å²) in [7, 11) is 0. The van der Waals surface area contributed by atoms with Crippen molar-refractivity contribution in [3.63, 3.8) is 0 Å². The summed E-state index contributed by atoms with van der Waals surface area (Å²) in [4.78, 5) is 10.4. The molecule has 0 bridgehead atoms. The van der Waals surface area contributed by atoms with Gasteiger partial charge in [0.2, 0.25) is 0 Å². The standard InChI is InChI=1S/C14H12BrNO3/c1-10-8-12(6-7-13(10)16(17)18)19-14-5-3-2-4-11(14)9-15/h2-8H,9H2,1H3. The van der Waals surface area contributed by atoms with Gasteiger partial charge in [0.25, 0.3) is 5.69 Å². The number of aryl methyl sites for hydroxylation is 1. The fraction of sp³-hybridized carbons (Fsp3) is 0.143. The molecule has 0 aliphatic carbocycles. The highest BCUT2D eigenvalue weighted by Gasteiger charge is 2.11. The third kappa shape index (κ3) is 3.12. The van der Waals surface area contributed by atoms with Crippen LogP contribution in [0.2, 0.25) is 0 Å². The van der Waals surface area contributed by atoms with E-state index in [9.17, 15) is 10.1 Å². The number of nitro groups is 1. The maximum absolute atomic E-state index is 10.8. The summed E-state index contributed by atoms with van der Waals surface area (Å²) in [6, 6.07) is 12.4. The molecule has 0 saturated heterocycles. The van der Waals surface area contributed by atoms with Crippen molar-refractivity contribution >= 4 is 21.6 Å². The Kier molecular flexibility index (Phi) is 4.16. The summed E-state index contributed by atoms with van der Waals surface area (Å²) < 4.78 is 5.76. The molecule has 2 aromatic carbocycles. The van der Waals surface area contributed by atoms with E-state index < -0.39 is 4.92 Å². The molecule has 0 spiro atoms. The van der Waals surface area contributed by atoms with Gasteiger partial charge in [0.05, 0.1) is 4.92 Å². The Morgan fingerprint density at radius 2 is 2.00 bits per heavy atom. The minimum atomic E-state index is -0.397. The minimum Gasteiger partial charge on any atom is -0.457 e. The van der Waals surface area contributed by atoms with E-state index in [1.165, 1.54) is 6.07 Å². The average Bonchev–Trinajstić information content (AvgIpc) is 2.39. The van der Waals surface area contributed by atoms with Crippen molar-refractivity contribution in [2.24, 2.45) is 0 Å². The summed E-state index contributed by atoms with van der Waals surface area (Å²) in [6.45, 7) is 1.70. The molecule has 0 aromatic heterocycles. The van der Waals surface area contributed by atoms with Crippen molar-refractivity contribution in [1.29, 1.82) is 0 Å². The second-order valence-corrected chi connectivity index (χ2v) is 4.61. The van der Waals surface area contributed by atoms with Gasteiger partial charge in [0.1, 0.15) is 11.5 Å².